The van der Waals surface area contributed by atoms with Crippen LogP contribution in [-0.4, -0.2) is 23.1 Å². The van der Waals surface area contributed by atoms with Gasteiger partial charge in [0.1, 0.15) is 17.6 Å². The highest BCUT2D eigenvalue weighted by Gasteiger charge is 2.17. The summed E-state index contributed by atoms with van der Waals surface area (Å²) in [6, 6.07) is 12.3. The summed E-state index contributed by atoms with van der Waals surface area (Å²) in [6.07, 6.45) is 0.792. The highest BCUT2D eigenvalue weighted by atomic mass is 16.6. The van der Waals surface area contributed by atoms with Crippen molar-refractivity contribution in [2.24, 2.45) is 0 Å². The summed E-state index contributed by atoms with van der Waals surface area (Å²) in [5, 5.41) is 12.5. The number of carbonyl (C=O) groups excluding carboxylic acids is 2. The second-order valence-corrected chi connectivity index (χ2v) is 6.51. The first-order valence-corrected chi connectivity index (χ1v) is 7.63. The van der Waals surface area contributed by atoms with Gasteiger partial charge in [0, 0.05) is 5.56 Å². The summed E-state index contributed by atoms with van der Waals surface area (Å²) in [7, 11) is 0. The molecule has 24 heavy (non-hydrogen) atoms. The molecule has 2 aromatic rings. The minimum absolute atomic E-state index is 0.0269. The molecular formula is C19H21NO4. The molecule has 2 rings (SSSR count). The fraction of sp³-hybridized carbons (Fsp3) is 0.263. The van der Waals surface area contributed by atoms with Crippen molar-refractivity contribution in [3.63, 3.8) is 0 Å². The maximum atomic E-state index is 11.8. The van der Waals surface area contributed by atoms with Crippen molar-refractivity contribution in [1.82, 2.24) is 0 Å². The Bertz CT molecular complexity index is 730. The van der Waals surface area contributed by atoms with Crippen molar-refractivity contribution in [2.45, 2.75) is 32.8 Å². The van der Waals surface area contributed by atoms with E-state index in [0.717, 1.165) is 17.4 Å². The Balaban J connectivity index is 2.12. The van der Waals surface area contributed by atoms with Crippen LogP contribution in [0, 0.1) is 0 Å². The third kappa shape index (κ3) is 5.12. The Morgan fingerprint density at radius 2 is 1.75 bits per heavy atom. The topological polar surface area (TPSA) is 75.6 Å². The Morgan fingerprint density at radius 1 is 1.12 bits per heavy atom. The van der Waals surface area contributed by atoms with Crippen LogP contribution in [0.5, 0.6) is 5.75 Å². The maximum Gasteiger partial charge on any atom is 0.412 e. The van der Waals surface area contributed by atoms with E-state index in [1.165, 1.54) is 6.07 Å². The number of hydrogen-bond donors (Lipinski definition) is 2. The van der Waals surface area contributed by atoms with Gasteiger partial charge in [0.25, 0.3) is 0 Å². The van der Waals surface area contributed by atoms with Gasteiger partial charge in [-0.2, -0.15) is 0 Å². The predicted octanol–water partition coefficient (Wildman–Crippen LogP) is 4.14. The minimum atomic E-state index is -0.620. The summed E-state index contributed by atoms with van der Waals surface area (Å²) in [6.45, 7) is 5.31. The van der Waals surface area contributed by atoms with E-state index in [0.29, 0.717) is 17.7 Å². The lowest BCUT2D eigenvalue weighted by Gasteiger charge is -2.20. The number of nitrogens with one attached hydrogen (secondary N) is 1. The van der Waals surface area contributed by atoms with Crippen LogP contribution in [0.15, 0.2) is 42.5 Å². The van der Waals surface area contributed by atoms with Crippen molar-refractivity contribution >= 4 is 18.1 Å². The molecule has 2 N–H and O–H groups in total. The van der Waals surface area contributed by atoms with E-state index in [2.05, 4.69) is 5.32 Å². The van der Waals surface area contributed by atoms with Crippen molar-refractivity contribution in [1.29, 1.82) is 0 Å². The van der Waals surface area contributed by atoms with E-state index in [-0.39, 0.29) is 5.75 Å². The highest BCUT2D eigenvalue weighted by molar-refractivity contribution is 5.87. The van der Waals surface area contributed by atoms with Crippen molar-refractivity contribution < 1.29 is 19.4 Å². The molecule has 0 spiro atoms. The second-order valence-electron chi connectivity index (χ2n) is 6.51. The van der Waals surface area contributed by atoms with Gasteiger partial charge in [-0.15, -0.1) is 0 Å². The maximum absolute atomic E-state index is 11.8. The van der Waals surface area contributed by atoms with Gasteiger partial charge in [-0.3, -0.25) is 10.1 Å². The van der Waals surface area contributed by atoms with E-state index in [1.54, 1.807) is 45.0 Å². The van der Waals surface area contributed by atoms with Crippen LogP contribution in [-0.2, 0) is 11.2 Å². The van der Waals surface area contributed by atoms with Crippen molar-refractivity contribution in [3.05, 3.63) is 59.2 Å². The molecule has 0 unspecified atom stereocenters. The molecule has 0 radical (unpaired) electrons. The number of phenolic OH excluding ortho intramolecular Hbond substituents is 1. The van der Waals surface area contributed by atoms with E-state index < -0.39 is 11.7 Å². The van der Waals surface area contributed by atoms with Crippen LogP contribution in [0.25, 0.3) is 0 Å². The number of amides is 1. The standard InChI is InChI=1S/C19H21NO4/c1-19(2,3)24-18(23)20-16-11-15(8-9-17(16)22)10-13-4-6-14(12-21)7-5-13/h4-9,11-12,22H,10H2,1-3H3,(H,20,23). The van der Waals surface area contributed by atoms with Crippen molar-refractivity contribution in [2.75, 3.05) is 5.32 Å². The van der Waals surface area contributed by atoms with Crippen LogP contribution < -0.4 is 5.32 Å². The van der Waals surface area contributed by atoms with E-state index in [4.69, 9.17) is 4.74 Å². The van der Waals surface area contributed by atoms with Crippen molar-refractivity contribution in [3.8, 4) is 5.75 Å². The summed E-state index contributed by atoms with van der Waals surface area (Å²) in [4.78, 5) is 22.5. The van der Waals surface area contributed by atoms with E-state index in [9.17, 15) is 14.7 Å². The molecule has 1 amide bonds. The number of anilines is 1. The van der Waals surface area contributed by atoms with E-state index >= 15 is 0 Å². The van der Waals surface area contributed by atoms with Gasteiger partial charge in [0.2, 0.25) is 0 Å². The minimum Gasteiger partial charge on any atom is -0.506 e. The molecule has 0 saturated carbocycles. The summed E-state index contributed by atoms with van der Waals surface area (Å²) in [5.41, 5.74) is 2.24. The zero-order valence-corrected chi connectivity index (χ0v) is 14.0. The summed E-state index contributed by atoms with van der Waals surface area (Å²) in [5.74, 6) is -0.0269. The molecule has 0 aliphatic heterocycles. The number of aldehydes is 1. The number of ether oxygens (including phenoxy) is 1. The number of rotatable bonds is 4. The van der Waals surface area contributed by atoms with Crippen LogP contribution in [0.4, 0.5) is 10.5 Å². The molecule has 0 atom stereocenters. The number of carbonyl (C=O) groups is 2. The van der Waals surface area contributed by atoms with Crippen LogP contribution in [0.3, 0.4) is 0 Å². The lowest BCUT2D eigenvalue weighted by molar-refractivity contribution is 0.0635. The fourth-order valence-corrected chi connectivity index (χ4v) is 2.16. The molecule has 0 aliphatic carbocycles. The molecule has 0 fully saturated rings. The average molecular weight is 327 g/mol. The summed E-state index contributed by atoms with van der Waals surface area (Å²) < 4.78 is 5.19. The Hall–Kier alpha value is -2.82. The Morgan fingerprint density at radius 3 is 2.33 bits per heavy atom. The number of benzene rings is 2. The van der Waals surface area contributed by atoms with Gasteiger partial charge in [-0.1, -0.05) is 30.3 Å². The van der Waals surface area contributed by atoms with Crippen LogP contribution in [0.2, 0.25) is 0 Å². The zero-order valence-electron chi connectivity index (χ0n) is 14.0. The SMILES string of the molecule is CC(C)(C)OC(=O)Nc1cc(Cc2ccc(C=O)cc2)ccc1O. The molecule has 0 aliphatic rings. The first kappa shape index (κ1) is 17.5. The Labute approximate surface area is 141 Å². The molecule has 0 bridgehead atoms. The highest BCUT2D eigenvalue weighted by Crippen LogP contribution is 2.26. The number of hydrogen-bond acceptors (Lipinski definition) is 4. The average Bonchev–Trinajstić information content (AvgIpc) is 2.49. The largest absolute Gasteiger partial charge is 0.506 e. The first-order chi connectivity index (χ1) is 11.3. The lowest BCUT2D eigenvalue weighted by atomic mass is 10.0. The third-order valence-corrected chi connectivity index (χ3v) is 3.22. The van der Waals surface area contributed by atoms with Crippen LogP contribution >= 0.6 is 0 Å². The monoisotopic (exact) mass is 327 g/mol. The normalized spacial score (nSPS) is 11.0. The number of aromatic hydroxyl groups is 1. The zero-order chi connectivity index (χ0) is 17.7. The lowest BCUT2D eigenvalue weighted by Crippen LogP contribution is -2.27. The van der Waals surface area contributed by atoms with Gasteiger partial charge < -0.3 is 9.84 Å². The smallest absolute Gasteiger partial charge is 0.412 e. The number of phenols is 1. The van der Waals surface area contributed by atoms with Gasteiger partial charge in [-0.25, -0.2) is 4.79 Å². The molecule has 0 saturated heterocycles. The fourth-order valence-electron chi connectivity index (χ4n) is 2.16. The molecule has 126 valence electrons. The predicted molar refractivity (Wildman–Crippen MR) is 92.6 cm³/mol. The Kier molecular flexibility index (Phi) is 5.24. The summed E-state index contributed by atoms with van der Waals surface area (Å²) >= 11 is 0. The molecule has 5 nitrogen and oxygen atoms in total. The van der Waals surface area contributed by atoms with Gasteiger partial charge in [0.05, 0.1) is 5.69 Å². The molecule has 0 aromatic heterocycles. The molecular weight excluding hydrogens is 306 g/mol. The second kappa shape index (κ2) is 7.17. The third-order valence-electron chi connectivity index (χ3n) is 3.22. The van der Waals surface area contributed by atoms with Gasteiger partial charge in [-0.05, 0) is 50.5 Å². The molecule has 0 heterocycles. The molecule has 2 aromatic carbocycles. The van der Waals surface area contributed by atoms with Gasteiger partial charge in [0.15, 0.2) is 0 Å². The van der Waals surface area contributed by atoms with E-state index in [1.807, 2.05) is 12.1 Å². The van der Waals surface area contributed by atoms with Crippen LogP contribution in [0.1, 0.15) is 42.3 Å². The molecule has 5 heteroatoms. The van der Waals surface area contributed by atoms with Gasteiger partial charge >= 0.3 is 6.09 Å². The first-order valence-electron chi connectivity index (χ1n) is 7.63. The quantitative estimate of drug-likeness (QED) is 0.653.